The lowest BCUT2D eigenvalue weighted by Gasteiger charge is -1.90. The fraction of sp³-hybridized carbons (Fsp3) is 0.375. The Bertz CT molecular complexity index is 88.2. The molecule has 0 spiro atoms. The van der Waals surface area contributed by atoms with Crippen molar-refractivity contribution in [1.29, 1.82) is 0 Å². The van der Waals surface area contributed by atoms with Crippen LogP contribution in [-0.4, -0.2) is 0 Å². The molecule has 0 aromatic heterocycles. The topological polar surface area (TPSA) is 0 Å². The van der Waals surface area contributed by atoms with Gasteiger partial charge in [-0.2, -0.15) is 0 Å². The first-order valence-corrected chi connectivity index (χ1v) is 2.87. The summed E-state index contributed by atoms with van der Waals surface area (Å²) in [5.41, 5.74) is 1.36. The maximum atomic E-state index is 3.70. The van der Waals surface area contributed by atoms with Gasteiger partial charge < -0.3 is 0 Å². The molecule has 0 aromatic rings. The van der Waals surface area contributed by atoms with Crippen LogP contribution >= 0.6 is 0 Å². The van der Waals surface area contributed by atoms with Crippen molar-refractivity contribution in [3.8, 4) is 0 Å². The zero-order chi connectivity index (χ0) is 6.41. The summed E-state index contributed by atoms with van der Waals surface area (Å²) in [4.78, 5) is 0. The van der Waals surface area contributed by atoms with Gasteiger partial charge in [0.15, 0.2) is 0 Å². The minimum Gasteiger partial charge on any atom is -0.103 e. The van der Waals surface area contributed by atoms with Crippen LogP contribution in [-0.2, 0) is 0 Å². The molecule has 0 saturated heterocycles. The van der Waals surface area contributed by atoms with Crippen LogP contribution in [0.5, 0.6) is 0 Å². The highest BCUT2D eigenvalue weighted by atomic mass is 13.9. The Labute approximate surface area is 51.9 Å². The monoisotopic (exact) mass is 109 g/mol. The Hall–Kier alpha value is -0.520. The van der Waals surface area contributed by atoms with Crippen LogP contribution in [0, 0.1) is 6.92 Å². The highest BCUT2D eigenvalue weighted by Crippen LogP contribution is 1.99. The smallest absolute Gasteiger partial charge is 0.0144 e. The third-order valence-corrected chi connectivity index (χ3v) is 0.959. The lowest BCUT2D eigenvalue weighted by molar-refractivity contribution is 1.17. The van der Waals surface area contributed by atoms with E-state index < -0.39 is 0 Å². The van der Waals surface area contributed by atoms with Crippen LogP contribution in [0.1, 0.15) is 19.8 Å². The standard InChI is InChI=1S/C8H13/c1-4-6-8(3)7-5-2/h4,7H,1-2,5-6H2,3H3. The van der Waals surface area contributed by atoms with E-state index in [-0.39, 0.29) is 0 Å². The second kappa shape index (κ2) is 4.63. The molecule has 0 aliphatic carbocycles. The summed E-state index contributed by atoms with van der Waals surface area (Å²) in [6.07, 6.45) is 5.90. The van der Waals surface area contributed by atoms with E-state index in [0.29, 0.717) is 0 Å². The summed E-state index contributed by atoms with van der Waals surface area (Å²) in [7, 11) is 0. The Morgan fingerprint density at radius 2 is 2.25 bits per heavy atom. The lowest BCUT2D eigenvalue weighted by Crippen LogP contribution is -1.69. The van der Waals surface area contributed by atoms with Crippen LogP contribution in [0.25, 0.3) is 0 Å². The first-order valence-electron chi connectivity index (χ1n) is 2.87. The Morgan fingerprint density at radius 1 is 1.62 bits per heavy atom. The van der Waals surface area contributed by atoms with Crippen LogP contribution in [0.4, 0.5) is 0 Å². The van der Waals surface area contributed by atoms with E-state index in [1.165, 1.54) is 5.57 Å². The quantitative estimate of drug-likeness (QED) is 0.489. The molecule has 0 atom stereocenters. The molecule has 0 saturated carbocycles. The first kappa shape index (κ1) is 7.48. The molecule has 0 rings (SSSR count). The normalized spacial score (nSPS) is 11.5. The fourth-order valence-electron chi connectivity index (χ4n) is 0.557. The van der Waals surface area contributed by atoms with E-state index in [2.05, 4.69) is 26.5 Å². The van der Waals surface area contributed by atoms with Crippen LogP contribution in [0.15, 0.2) is 24.3 Å². The van der Waals surface area contributed by atoms with Crippen molar-refractivity contribution in [2.24, 2.45) is 0 Å². The Kier molecular flexibility index (Phi) is 4.33. The SMILES string of the molecule is [CH2]CC=C(C)CC=C. The molecule has 0 aliphatic heterocycles. The van der Waals surface area contributed by atoms with E-state index in [1.54, 1.807) is 0 Å². The van der Waals surface area contributed by atoms with Gasteiger partial charge in [0.2, 0.25) is 0 Å². The van der Waals surface area contributed by atoms with Gasteiger partial charge in [0.25, 0.3) is 0 Å². The molecule has 0 bridgehead atoms. The van der Waals surface area contributed by atoms with E-state index in [1.807, 2.05) is 6.08 Å². The number of hydrogen-bond acceptors (Lipinski definition) is 0. The number of hydrogen-bond donors (Lipinski definition) is 0. The largest absolute Gasteiger partial charge is 0.103 e. The summed E-state index contributed by atoms with van der Waals surface area (Å²) in [6, 6.07) is 0. The Morgan fingerprint density at radius 3 is 2.62 bits per heavy atom. The van der Waals surface area contributed by atoms with Crippen molar-refractivity contribution in [3.63, 3.8) is 0 Å². The van der Waals surface area contributed by atoms with Crippen LogP contribution in [0.3, 0.4) is 0 Å². The van der Waals surface area contributed by atoms with Crippen molar-refractivity contribution in [1.82, 2.24) is 0 Å². The predicted molar refractivity (Wildman–Crippen MR) is 38.5 cm³/mol. The minimum absolute atomic E-state index is 0.889. The molecule has 0 N–H and O–H groups in total. The van der Waals surface area contributed by atoms with E-state index in [9.17, 15) is 0 Å². The lowest BCUT2D eigenvalue weighted by atomic mass is 10.2. The van der Waals surface area contributed by atoms with Gasteiger partial charge in [-0.1, -0.05) is 17.7 Å². The van der Waals surface area contributed by atoms with E-state index in [0.717, 1.165) is 12.8 Å². The molecule has 1 radical (unpaired) electrons. The molecular weight excluding hydrogens is 96.1 g/mol. The van der Waals surface area contributed by atoms with Gasteiger partial charge in [-0.05, 0) is 26.7 Å². The average Bonchev–Trinajstić information content (AvgIpc) is 1.68. The zero-order valence-corrected chi connectivity index (χ0v) is 5.48. The third-order valence-electron chi connectivity index (χ3n) is 0.959. The van der Waals surface area contributed by atoms with E-state index >= 15 is 0 Å². The van der Waals surface area contributed by atoms with Gasteiger partial charge in [0, 0.05) is 0 Å². The molecule has 0 aliphatic rings. The minimum atomic E-state index is 0.889. The van der Waals surface area contributed by atoms with Gasteiger partial charge in [-0.15, -0.1) is 6.58 Å². The highest BCUT2D eigenvalue weighted by molar-refractivity contribution is 5.02. The van der Waals surface area contributed by atoms with Crippen molar-refractivity contribution < 1.29 is 0 Å². The second-order valence-corrected chi connectivity index (χ2v) is 1.83. The summed E-state index contributed by atoms with van der Waals surface area (Å²) in [5, 5.41) is 0. The van der Waals surface area contributed by atoms with Crippen molar-refractivity contribution in [2.75, 3.05) is 0 Å². The maximum Gasteiger partial charge on any atom is -0.0144 e. The molecule has 8 heavy (non-hydrogen) atoms. The first-order chi connectivity index (χ1) is 3.81. The molecule has 0 nitrogen and oxygen atoms in total. The number of allylic oxidation sites excluding steroid dienone is 3. The van der Waals surface area contributed by atoms with Gasteiger partial charge in [0.1, 0.15) is 0 Å². The van der Waals surface area contributed by atoms with Crippen molar-refractivity contribution >= 4 is 0 Å². The van der Waals surface area contributed by atoms with Crippen molar-refractivity contribution in [2.45, 2.75) is 19.8 Å². The average molecular weight is 109 g/mol. The molecule has 0 aromatic carbocycles. The zero-order valence-electron chi connectivity index (χ0n) is 5.48. The van der Waals surface area contributed by atoms with Gasteiger partial charge >= 0.3 is 0 Å². The Balaban J connectivity index is 3.44. The summed E-state index contributed by atoms with van der Waals surface area (Å²) in [5.74, 6) is 0. The molecule has 0 amide bonds. The molecular formula is C8H13. The summed E-state index contributed by atoms with van der Waals surface area (Å²) in [6.45, 7) is 9.41. The molecule has 0 unspecified atom stereocenters. The molecule has 0 heterocycles. The summed E-state index contributed by atoms with van der Waals surface area (Å²) >= 11 is 0. The maximum absolute atomic E-state index is 3.70. The number of rotatable bonds is 3. The van der Waals surface area contributed by atoms with Crippen LogP contribution < -0.4 is 0 Å². The van der Waals surface area contributed by atoms with Gasteiger partial charge in [-0.25, -0.2) is 0 Å². The summed E-state index contributed by atoms with van der Waals surface area (Å²) < 4.78 is 0. The predicted octanol–water partition coefficient (Wildman–Crippen LogP) is 2.73. The van der Waals surface area contributed by atoms with Gasteiger partial charge in [0.05, 0.1) is 0 Å². The van der Waals surface area contributed by atoms with Gasteiger partial charge in [-0.3, -0.25) is 0 Å². The third kappa shape index (κ3) is 3.66. The molecule has 0 heteroatoms. The second-order valence-electron chi connectivity index (χ2n) is 1.83. The van der Waals surface area contributed by atoms with Crippen molar-refractivity contribution in [3.05, 3.63) is 31.2 Å². The molecule has 45 valence electrons. The van der Waals surface area contributed by atoms with Crippen LogP contribution in [0.2, 0.25) is 0 Å². The molecule has 0 fully saturated rings. The highest BCUT2D eigenvalue weighted by Gasteiger charge is 1.79. The van der Waals surface area contributed by atoms with E-state index in [4.69, 9.17) is 0 Å². The fourth-order valence-corrected chi connectivity index (χ4v) is 0.557.